The van der Waals surface area contributed by atoms with Gasteiger partial charge in [-0.2, -0.15) is 0 Å². The lowest BCUT2D eigenvalue weighted by molar-refractivity contribution is -0.123. The molecule has 3 N–H and O–H groups in total. The minimum atomic E-state index is -0.433. The Kier molecular flexibility index (Phi) is 8.21. The zero-order valence-electron chi connectivity index (χ0n) is 20.5. The van der Waals surface area contributed by atoms with Crippen LogP contribution in [0.15, 0.2) is 65.3 Å². The molecule has 0 spiro atoms. The summed E-state index contributed by atoms with van der Waals surface area (Å²) in [5, 5.41) is 3.69. The molecule has 0 fully saturated rings. The minimum absolute atomic E-state index is 0.00260. The van der Waals surface area contributed by atoms with Crippen LogP contribution in [0, 0.1) is 5.41 Å². The molecule has 2 aromatic carbocycles. The van der Waals surface area contributed by atoms with Crippen molar-refractivity contribution in [2.24, 2.45) is 11.1 Å². The van der Waals surface area contributed by atoms with Gasteiger partial charge in [-0.1, -0.05) is 62.7 Å². The molecule has 2 aliphatic rings. The summed E-state index contributed by atoms with van der Waals surface area (Å²) >= 11 is 5.63. The first-order valence-corrected chi connectivity index (χ1v) is 12.1. The van der Waals surface area contributed by atoms with Crippen molar-refractivity contribution < 1.29 is 9.59 Å². The van der Waals surface area contributed by atoms with Gasteiger partial charge in [-0.3, -0.25) is 9.59 Å². The number of nitrogens with two attached hydrogens (primary N) is 1. The molecular weight excluding hydrogens is 446 g/mol. The molecule has 0 saturated carbocycles. The zero-order chi connectivity index (χ0) is 24.9. The number of rotatable bonds is 2. The van der Waals surface area contributed by atoms with E-state index in [0.717, 1.165) is 60.4 Å². The van der Waals surface area contributed by atoms with E-state index < -0.39 is 5.41 Å². The Labute approximate surface area is 207 Å². The molecule has 5 nitrogen and oxygen atoms in total. The highest BCUT2D eigenvalue weighted by atomic mass is 35.5. The summed E-state index contributed by atoms with van der Waals surface area (Å²) in [6.07, 6.45) is 7.91. The molecule has 0 radical (unpaired) electrons. The zero-order valence-corrected chi connectivity index (χ0v) is 21.2. The first kappa shape index (κ1) is 25.6. The number of aryl methyl sites for hydroxylation is 1. The van der Waals surface area contributed by atoms with Gasteiger partial charge in [0.1, 0.15) is 0 Å². The van der Waals surface area contributed by atoms with Crippen molar-refractivity contribution in [3.05, 3.63) is 70.9 Å². The number of amides is 2. The highest BCUT2D eigenvalue weighted by molar-refractivity contribution is 6.31. The summed E-state index contributed by atoms with van der Waals surface area (Å²) < 4.78 is 0. The molecule has 1 aliphatic carbocycles. The van der Waals surface area contributed by atoms with E-state index in [9.17, 15) is 9.59 Å². The van der Waals surface area contributed by atoms with Crippen molar-refractivity contribution >= 4 is 34.8 Å². The Bertz CT molecular complexity index is 1110. The van der Waals surface area contributed by atoms with Gasteiger partial charge in [0, 0.05) is 36.0 Å². The monoisotopic (exact) mass is 479 g/mol. The summed E-state index contributed by atoms with van der Waals surface area (Å²) in [6.45, 7) is 8.10. The molecule has 0 saturated heterocycles. The maximum atomic E-state index is 12.2. The lowest BCUT2D eigenvalue weighted by atomic mass is 9.94. The van der Waals surface area contributed by atoms with Crippen molar-refractivity contribution in [3.8, 4) is 11.1 Å². The summed E-state index contributed by atoms with van der Waals surface area (Å²) in [5.74, 6) is 0.0859. The topological polar surface area (TPSA) is 75.4 Å². The van der Waals surface area contributed by atoms with Crippen LogP contribution in [0.4, 0.5) is 11.4 Å². The van der Waals surface area contributed by atoms with E-state index >= 15 is 0 Å². The van der Waals surface area contributed by atoms with E-state index in [1.807, 2.05) is 74.2 Å². The fraction of sp³-hybridized carbons (Fsp3) is 0.357. The number of fused-ring (bicyclic) bond motifs is 1. The molecule has 180 valence electrons. The van der Waals surface area contributed by atoms with E-state index in [2.05, 4.69) is 11.4 Å². The Morgan fingerprint density at radius 1 is 1.03 bits per heavy atom. The van der Waals surface area contributed by atoms with Gasteiger partial charge in [-0.25, -0.2) is 0 Å². The smallest absolute Gasteiger partial charge is 0.229 e. The average molecular weight is 480 g/mol. The third-order valence-corrected chi connectivity index (χ3v) is 6.22. The fourth-order valence-electron chi connectivity index (χ4n) is 3.86. The molecule has 1 heterocycles. The van der Waals surface area contributed by atoms with E-state index in [0.29, 0.717) is 5.03 Å². The van der Waals surface area contributed by atoms with Crippen LogP contribution in [0.5, 0.6) is 0 Å². The Balaban J connectivity index is 0.000000343. The Morgan fingerprint density at radius 3 is 2.35 bits per heavy atom. The number of hydrogen-bond acceptors (Lipinski definition) is 3. The van der Waals surface area contributed by atoms with Crippen LogP contribution in [-0.4, -0.2) is 18.4 Å². The molecule has 1 aliphatic heterocycles. The van der Waals surface area contributed by atoms with Gasteiger partial charge < -0.3 is 16.0 Å². The third-order valence-electron chi connectivity index (χ3n) is 5.84. The van der Waals surface area contributed by atoms with Gasteiger partial charge in [0.25, 0.3) is 0 Å². The molecule has 2 amide bonds. The normalized spacial score (nSPS) is 15.3. The Morgan fingerprint density at radius 2 is 1.74 bits per heavy atom. The molecule has 0 aromatic heterocycles. The van der Waals surface area contributed by atoms with E-state index in [4.69, 9.17) is 17.3 Å². The SMILES string of the molecule is CC(=O)N1CCCc2cc(-c3cccc(NC(=O)C(C)(C)C)c3)ccc21.NC1=CCCC=C1Cl. The first-order valence-electron chi connectivity index (χ1n) is 11.7. The second kappa shape index (κ2) is 10.9. The number of carbonyl (C=O) groups excluding carboxylic acids is 2. The minimum Gasteiger partial charge on any atom is -0.398 e. The molecule has 2 aromatic rings. The van der Waals surface area contributed by atoms with Crippen LogP contribution in [0.2, 0.25) is 0 Å². The molecule has 0 atom stereocenters. The number of carbonyl (C=O) groups is 2. The van der Waals surface area contributed by atoms with Crippen molar-refractivity contribution in [3.63, 3.8) is 0 Å². The number of benzene rings is 2. The average Bonchev–Trinajstić information content (AvgIpc) is 2.80. The molecule has 0 bridgehead atoms. The lowest BCUT2D eigenvalue weighted by Gasteiger charge is -2.29. The number of halogens is 1. The maximum Gasteiger partial charge on any atom is 0.229 e. The number of allylic oxidation sites excluding steroid dienone is 3. The van der Waals surface area contributed by atoms with E-state index in [1.54, 1.807) is 6.92 Å². The van der Waals surface area contributed by atoms with Crippen LogP contribution < -0.4 is 16.0 Å². The van der Waals surface area contributed by atoms with Crippen LogP contribution in [0.3, 0.4) is 0 Å². The summed E-state index contributed by atoms with van der Waals surface area (Å²) in [4.78, 5) is 25.9. The summed E-state index contributed by atoms with van der Waals surface area (Å²) in [5.41, 5.74) is 10.9. The van der Waals surface area contributed by atoms with Crippen LogP contribution in [-0.2, 0) is 16.0 Å². The van der Waals surface area contributed by atoms with Crippen LogP contribution >= 0.6 is 11.6 Å². The Hall–Kier alpha value is -3.05. The molecule has 0 unspecified atom stereocenters. The predicted octanol–water partition coefficient (Wildman–Crippen LogP) is 6.38. The van der Waals surface area contributed by atoms with Crippen LogP contribution in [0.25, 0.3) is 11.1 Å². The summed E-state index contributed by atoms with van der Waals surface area (Å²) in [7, 11) is 0. The number of anilines is 2. The quantitative estimate of drug-likeness (QED) is 0.524. The second-order valence-corrected chi connectivity index (χ2v) is 10.1. The number of nitrogens with zero attached hydrogens (tertiary/aromatic N) is 1. The number of nitrogens with one attached hydrogen (secondary N) is 1. The second-order valence-electron chi connectivity index (χ2n) is 9.69. The maximum absolute atomic E-state index is 12.2. The van der Waals surface area contributed by atoms with Gasteiger partial charge in [0.05, 0.1) is 5.03 Å². The van der Waals surface area contributed by atoms with Crippen molar-refractivity contribution in [2.75, 3.05) is 16.8 Å². The van der Waals surface area contributed by atoms with Gasteiger partial charge >= 0.3 is 0 Å². The van der Waals surface area contributed by atoms with Gasteiger partial charge in [0.15, 0.2) is 0 Å². The van der Waals surface area contributed by atoms with Crippen molar-refractivity contribution in [2.45, 2.75) is 53.4 Å². The molecule has 6 heteroatoms. The van der Waals surface area contributed by atoms with Gasteiger partial charge in [-0.15, -0.1) is 0 Å². The molecule has 34 heavy (non-hydrogen) atoms. The molecular formula is C28H34ClN3O2. The predicted molar refractivity (Wildman–Crippen MR) is 142 cm³/mol. The fourth-order valence-corrected chi connectivity index (χ4v) is 4.05. The highest BCUT2D eigenvalue weighted by Gasteiger charge is 2.22. The third kappa shape index (κ3) is 6.51. The van der Waals surface area contributed by atoms with Crippen molar-refractivity contribution in [1.29, 1.82) is 0 Å². The standard InChI is InChI=1S/C22H26N2O2.C6H8ClN/c1-15(25)24-12-6-8-18-13-17(10-11-20(18)24)16-7-5-9-19(14-16)23-21(26)22(2,3)4;7-5-3-1-2-4-6(5)8/h5,7,9-11,13-14H,6,8,12H2,1-4H3,(H,23,26);3-4H,1-2,8H2. The van der Waals surface area contributed by atoms with Crippen molar-refractivity contribution in [1.82, 2.24) is 0 Å². The van der Waals surface area contributed by atoms with E-state index in [-0.39, 0.29) is 11.8 Å². The van der Waals surface area contributed by atoms with E-state index in [1.165, 1.54) is 5.56 Å². The number of hydrogen-bond donors (Lipinski definition) is 2. The lowest BCUT2D eigenvalue weighted by Crippen LogP contribution is -2.33. The van der Waals surface area contributed by atoms with Gasteiger partial charge in [-0.05, 0) is 66.6 Å². The van der Waals surface area contributed by atoms with Gasteiger partial charge in [0.2, 0.25) is 11.8 Å². The summed E-state index contributed by atoms with van der Waals surface area (Å²) in [6, 6.07) is 14.1. The largest absolute Gasteiger partial charge is 0.398 e. The highest BCUT2D eigenvalue weighted by Crippen LogP contribution is 2.32. The van der Waals surface area contributed by atoms with Crippen LogP contribution in [0.1, 0.15) is 52.5 Å². The molecule has 4 rings (SSSR count). The first-order chi connectivity index (χ1) is 16.1.